The summed E-state index contributed by atoms with van der Waals surface area (Å²) in [6.07, 6.45) is -3.33. The number of benzene rings is 2. The standard InChI is InChI=1S/C14H13F3N2O4.C12H14N2O3/c15-14(16,17)13(21)18-7-5-9(6-8-18)12(20)10-3-1-2-4-11(10)19(22)23;15-12(9-5-7-13-8-6-9)10-3-1-2-4-11(10)14(16)17/h1-4,9H,5-8H2;1-4,9,13H,5-8H2. The Kier molecular flexibility index (Phi) is 10.0. The van der Waals surface area contributed by atoms with Crippen molar-refractivity contribution in [2.75, 3.05) is 26.2 Å². The SMILES string of the molecule is O=C(c1ccccc1[N+](=O)[O-])C1CCN(C(=O)C(F)(F)F)CC1.O=C(c1ccccc1[N+](=O)[O-])C1CCNCC1. The third-order valence-corrected chi connectivity index (χ3v) is 6.84. The van der Waals surface area contributed by atoms with Gasteiger partial charge in [-0.25, -0.2) is 0 Å². The highest BCUT2D eigenvalue weighted by Crippen LogP contribution is 2.29. The number of amides is 1. The first kappa shape index (κ1) is 30.3. The molecule has 0 saturated carbocycles. The molecule has 0 radical (unpaired) electrons. The normalized spacial score (nSPS) is 16.4. The Morgan fingerprint density at radius 1 is 0.750 bits per heavy atom. The summed E-state index contributed by atoms with van der Waals surface area (Å²) in [6.45, 7) is 1.21. The van der Waals surface area contributed by atoms with Crippen LogP contribution in [0.2, 0.25) is 0 Å². The van der Waals surface area contributed by atoms with Gasteiger partial charge in [0.25, 0.3) is 11.4 Å². The molecule has 214 valence electrons. The molecule has 0 aromatic heterocycles. The van der Waals surface area contributed by atoms with E-state index in [1.807, 2.05) is 0 Å². The number of carbonyl (C=O) groups is 3. The van der Waals surface area contributed by atoms with Crippen molar-refractivity contribution in [1.82, 2.24) is 10.2 Å². The largest absolute Gasteiger partial charge is 0.471 e. The lowest BCUT2D eigenvalue weighted by Gasteiger charge is -2.31. The molecule has 2 aromatic carbocycles. The number of nitro groups is 2. The van der Waals surface area contributed by atoms with Crippen LogP contribution in [-0.4, -0.2) is 64.6 Å². The molecule has 2 heterocycles. The molecule has 2 fully saturated rings. The summed E-state index contributed by atoms with van der Waals surface area (Å²) in [5.41, 5.74) is -0.232. The van der Waals surface area contributed by atoms with Crippen LogP contribution in [0, 0.1) is 32.1 Å². The molecule has 0 bridgehead atoms. The van der Waals surface area contributed by atoms with Crippen LogP contribution in [0.3, 0.4) is 0 Å². The first-order valence-electron chi connectivity index (χ1n) is 12.5. The molecule has 0 aliphatic carbocycles. The van der Waals surface area contributed by atoms with Crippen molar-refractivity contribution in [2.45, 2.75) is 31.9 Å². The number of carbonyl (C=O) groups excluding carboxylic acids is 3. The van der Waals surface area contributed by atoms with E-state index in [-0.39, 0.29) is 60.1 Å². The molecule has 1 N–H and O–H groups in total. The highest BCUT2D eigenvalue weighted by atomic mass is 19.4. The Balaban J connectivity index is 0.000000230. The number of nitrogens with one attached hydrogen (secondary N) is 1. The molecule has 40 heavy (non-hydrogen) atoms. The van der Waals surface area contributed by atoms with E-state index in [0.29, 0.717) is 4.90 Å². The fourth-order valence-electron chi connectivity index (χ4n) is 4.73. The third kappa shape index (κ3) is 7.46. The van der Waals surface area contributed by atoms with Gasteiger partial charge in [-0.05, 0) is 50.9 Å². The second-order valence-electron chi connectivity index (χ2n) is 9.37. The number of alkyl halides is 3. The summed E-state index contributed by atoms with van der Waals surface area (Å²) in [5.74, 6) is -3.21. The van der Waals surface area contributed by atoms with E-state index in [1.54, 1.807) is 18.2 Å². The Bertz CT molecular complexity index is 1270. The Hall–Kier alpha value is -4.20. The van der Waals surface area contributed by atoms with Gasteiger partial charge in [-0.3, -0.25) is 34.6 Å². The summed E-state index contributed by atoms with van der Waals surface area (Å²) >= 11 is 0. The number of nitro benzene ring substituents is 2. The molecular formula is C26H27F3N4O7. The van der Waals surface area contributed by atoms with Gasteiger partial charge in [0.05, 0.1) is 21.0 Å². The number of hydrogen-bond donors (Lipinski definition) is 1. The summed E-state index contributed by atoms with van der Waals surface area (Å²) < 4.78 is 37.1. The number of likely N-dealkylation sites (tertiary alicyclic amines) is 1. The summed E-state index contributed by atoms with van der Waals surface area (Å²) in [5, 5.41) is 25.0. The zero-order valence-electron chi connectivity index (χ0n) is 21.3. The summed E-state index contributed by atoms with van der Waals surface area (Å²) in [4.78, 5) is 57.0. The maximum atomic E-state index is 12.4. The highest BCUT2D eigenvalue weighted by Gasteiger charge is 2.44. The van der Waals surface area contributed by atoms with Gasteiger partial charge in [0, 0.05) is 37.1 Å². The lowest BCUT2D eigenvalue weighted by molar-refractivity contribution is -0.385. The van der Waals surface area contributed by atoms with Crippen molar-refractivity contribution < 1.29 is 37.4 Å². The molecule has 0 atom stereocenters. The van der Waals surface area contributed by atoms with Crippen LogP contribution >= 0.6 is 0 Å². The number of hydrogen-bond acceptors (Lipinski definition) is 8. The Labute approximate surface area is 226 Å². The molecule has 0 unspecified atom stereocenters. The minimum Gasteiger partial charge on any atom is -0.335 e. The molecular weight excluding hydrogens is 537 g/mol. The van der Waals surface area contributed by atoms with Gasteiger partial charge < -0.3 is 10.2 Å². The average molecular weight is 565 g/mol. The van der Waals surface area contributed by atoms with Gasteiger partial charge in [-0.2, -0.15) is 13.2 Å². The zero-order valence-corrected chi connectivity index (χ0v) is 21.3. The first-order chi connectivity index (χ1) is 18.9. The number of piperidine rings is 2. The molecule has 2 aliphatic heterocycles. The second-order valence-corrected chi connectivity index (χ2v) is 9.37. The van der Waals surface area contributed by atoms with Crippen LogP contribution in [0.25, 0.3) is 0 Å². The highest BCUT2D eigenvalue weighted by molar-refractivity contribution is 6.02. The predicted octanol–water partition coefficient (Wildman–Crippen LogP) is 4.36. The van der Waals surface area contributed by atoms with Crippen molar-refractivity contribution in [3.05, 3.63) is 79.9 Å². The minimum atomic E-state index is -4.94. The van der Waals surface area contributed by atoms with E-state index in [0.717, 1.165) is 25.9 Å². The van der Waals surface area contributed by atoms with Crippen LogP contribution in [0.15, 0.2) is 48.5 Å². The fraction of sp³-hybridized carbons (Fsp3) is 0.423. The molecule has 1 amide bonds. The van der Waals surface area contributed by atoms with Gasteiger partial charge in [-0.15, -0.1) is 0 Å². The van der Waals surface area contributed by atoms with Gasteiger partial charge >= 0.3 is 12.1 Å². The number of ketones is 2. The Morgan fingerprint density at radius 2 is 1.15 bits per heavy atom. The molecule has 4 rings (SSSR count). The summed E-state index contributed by atoms with van der Waals surface area (Å²) in [6, 6.07) is 11.6. The lowest BCUT2D eigenvalue weighted by atomic mass is 9.88. The van der Waals surface area contributed by atoms with Crippen LogP contribution in [0.1, 0.15) is 46.4 Å². The maximum Gasteiger partial charge on any atom is 0.471 e. The molecule has 2 aromatic rings. The average Bonchev–Trinajstić information content (AvgIpc) is 2.96. The van der Waals surface area contributed by atoms with Gasteiger partial charge in [-0.1, -0.05) is 24.3 Å². The van der Waals surface area contributed by atoms with Crippen LogP contribution < -0.4 is 5.32 Å². The van der Waals surface area contributed by atoms with Gasteiger partial charge in [0.1, 0.15) is 0 Å². The number of Topliss-reactive ketones (excluding diaryl/α,β-unsaturated/α-hetero) is 2. The quantitative estimate of drug-likeness (QED) is 0.309. The second kappa shape index (κ2) is 13.2. The van der Waals surface area contributed by atoms with Crippen molar-refractivity contribution >= 4 is 28.8 Å². The minimum absolute atomic E-state index is 0.0483. The number of nitrogens with zero attached hydrogens (tertiary/aromatic N) is 3. The first-order valence-corrected chi connectivity index (χ1v) is 12.5. The topological polar surface area (TPSA) is 153 Å². The van der Waals surface area contributed by atoms with Gasteiger partial charge in [0.15, 0.2) is 11.6 Å². The monoisotopic (exact) mass is 564 g/mol. The van der Waals surface area contributed by atoms with Crippen molar-refractivity contribution in [2.24, 2.45) is 11.8 Å². The van der Waals surface area contributed by atoms with E-state index in [2.05, 4.69) is 5.32 Å². The van der Waals surface area contributed by atoms with Crippen molar-refractivity contribution in [1.29, 1.82) is 0 Å². The number of para-hydroxylation sites is 2. The molecule has 0 spiro atoms. The van der Waals surface area contributed by atoms with Crippen LogP contribution in [-0.2, 0) is 4.79 Å². The van der Waals surface area contributed by atoms with E-state index in [9.17, 15) is 47.8 Å². The smallest absolute Gasteiger partial charge is 0.335 e. The lowest BCUT2D eigenvalue weighted by Crippen LogP contribution is -2.46. The zero-order chi connectivity index (χ0) is 29.4. The molecule has 2 aliphatic rings. The third-order valence-electron chi connectivity index (χ3n) is 6.84. The van der Waals surface area contributed by atoms with E-state index >= 15 is 0 Å². The van der Waals surface area contributed by atoms with Crippen LogP contribution in [0.4, 0.5) is 24.5 Å². The van der Waals surface area contributed by atoms with E-state index in [4.69, 9.17) is 0 Å². The number of rotatable bonds is 6. The molecule has 2 saturated heterocycles. The van der Waals surface area contributed by atoms with Crippen LogP contribution in [0.5, 0.6) is 0 Å². The van der Waals surface area contributed by atoms with Crippen molar-refractivity contribution in [3.63, 3.8) is 0 Å². The van der Waals surface area contributed by atoms with E-state index in [1.165, 1.54) is 30.3 Å². The van der Waals surface area contributed by atoms with Gasteiger partial charge in [0.2, 0.25) is 0 Å². The Morgan fingerprint density at radius 3 is 1.55 bits per heavy atom. The fourth-order valence-corrected chi connectivity index (χ4v) is 4.73. The summed E-state index contributed by atoms with van der Waals surface area (Å²) in [7, 11) is 0. The number of halogens is 3. The molecule has 14 heteroatoms. The predicted molar refractivity (Wildman–Crippen MR) is 136 cm³/mol. The molecule has 11 nitrogen and oxygen atoms in total. The van der Waals surface area contributed by atoms with E-state index < -0.39 is 33.6 Å². The maximum absolute atomic E-state index is 12.4. The van der Waals surface area contributed by atoms with Crippen molar-refractivity contribution in [3.8, 4) is 0 Å².